The fraction of sp³-hybridized carbons (Fsp3) is 0.800. The Morgan fingerprint density at radius 3 is 2.71 bits per heavy atom. The summed E-state index contributed by atoms with van der Waals surface area (Å²) in [4.78, 5) is 0.951. The average Bonchev–Trinajstić information content (AvgIpc) is 2.94. The maximum absolute atomic E-state index is 5.72. The molecule has 1 saturated carbocycles. The molecule has 6 heteroatoms. The molecule has 2 N–H and O–H groups in total. The highest BCUT2D eigenvalue weighted by Gasteiger charge is 2.26. The highest BCUT2D eigenvalue weighted by molar-refractivity contribution is 7.16. The normalized spacial score (nSPS) is 17.5. The van der Waals surface area contributed by atoms with E-state index in [1.54, 1.807) is 11.3 Å². The number of aromatic nitrogens is 4. The van der Waals surface area contributed by atoms with Crippen LogP contribution in [0.4, 0.5) is 0 Å². The lowest BCUT2D eigenvalue weighted by atomic mass is 9.85. The molecule has 116 valence electrons. The molecular formula is C15H25N5S. The summed E-state index contributed by atoms with van der Waals surface area (Å²) in [6.07, 6.45) is 7.08. The molecule has 0 aliphatic heterocycles. The lowest BCUT2D eigenvalue weighted by Gasteiger charge is -2.22. The number of hydrogen-bond donors (Lipinski definition) is 1. The minimum Gasteiger partial charge on any atom is -0.330 e. The first-order valence-electron chi connectivity index (χ1n) is 8.10. The largest absolute Gasteiger partial charge is 0.330 e. The van der Waals surface area contributed by atoms with E-state index in [4.69, 9.17) is 10.8 Å². The molecule has 0 aromatic carbocycles. The van der Waals surface area contributed by atoms with Gasteiger partial charge in [0.2, 0.25) is 4.96 Å². The van der Waals surface area contributed by atoms with Gasteiger partial charge in [0.1, 0.15) is 5.01 Å². The highest BCUT2D eigenvalue weighted by Crippen LogP contribution is 2.35. The first-order valence-corrected chi connectivity index (χ1v) is 8.91. The lowest BCUT2D eigenvalue weighted by Crippen LogP contribution is -2.15. The summed E-state index contributed by atoms with van der Waals surface area (Å²) in [5.74, 6) is 3.02. The van der Waals surface area contributed by atoms with Crippen LogP contribution in [0.25, 0.3) is 4.96 Å². The van der Waals surface area contributed by atoms with Gasteiger partial charge in [-0.1, -0.05) is 31.6 Å². The number of hydrogen-bond acceptors (Lipinski definition) is 5. The molecule has 1 aliphatic carbocycles. The van der Waals surface area contributed by atoms with Gasteiger partial charge in [-0.25, -0.2) is 0 Å². The van der Waals surface area contributed by atoms with Crippen molar-refractivity contribution >= 4 is 16.3 Å². The van der Waals surface area contributed by atoms with Crippen LogP contribution in [-0.2, 0) is 6.42 Å². The molecule has 1 aliphatic rings. The second kappa shape index (κ2) is 6.40. The molecule has 0 radical (unpaired) electrons. The molecular weight excluding hydrogens is 282 g/mol. The third-order valence-corrected chi connectivity index (χ3v) is 5.69. The molecule has 0 amide bonds. The van der Waals surface area contributed by atoms with Crippen LogP contribution < -0.4 is 5.73 Å². The Balaban J connectivity index is 1.68. The van der Waals surface area contributed by atoms with Crippen LogP contribution in [-0.4, -0.2) is 26.4 Å². The molecule has 0 spiro atoms. The number of aryl methyl sites for hydroxylation is 1. The van der Waals surface area contributed by atoms with E-state index in [9.17, 15) is 0 Å². The Kier molecular flexibility index (Phi) is 4.54. The zero-order valence-corrected chi connectivity index (χ0v) is 13.8. The smallest absolute Gasteiger partial charge is 0.234 e. The zero-order chi connectivity index (χ0) is 14.8. The van der Waals surface area contributed by atoms with Gasteiger partial charge in [-0.3, -0.25) is 0 Å². The van der Waals surface area contributed by atoms with Gasteiger partial charge in [0, 0.05) is 12.3 Å². The number of nitrogens with two attached hydrogens (primary N) is 1. The van der Waals surface area contributed by atoms with E-state index in [-0.39, 0.29) is 0 Å². The first kappa shape index (κ1) is 14.9. The molecule has 3 rings (SSSR count). The minimum atomic E-state index is 0.579. The van der Waals surface area contributed by atoms with Crippen molar-refractivity contribution in [1.82, 2.24) is 19.8 Å². The van der Waals surface area contributed by atoms with E-state index in [1.165, 1.54) is 24.3 Å². The van der Waals surface area contributed by atoms with Gasteiger partial charge in [-0.2, -0.15) is 9.61 Å². The predicted molar refractivity (Wildman–Crippen MR) is 85.6 cm³/mol. The lowest BCUT2D eigenvalue weighted by molar-refractivity contribution is 0.340. The maximum Gasteiger partial charge on any atom is 0.234 e. The maximum atomic E-state index is 5.72. The van der Waals surface area contributed by atoms with E-state index in [2.05, 4.69) is 24.0 Å². The van der Waals surface area contributed by atoms with Crippen LogP contribution >= 0.6 is 11.3 Å². The summed E-state index contributed by atoms with van der Waals surface area (Å²) in [6, 6.07) is 0. The summed E-state index contributed by atoms with van der Waals surface area (Å²) in [5.41, 5.74) is 5.72. The van der Waals surface area contributed by atoms with Gasteiger partial charge in [-0.05, 0) is 44.1 Å². The molecule has 2 aromatic heterocycles. The van der Waals surface area contributed by atoms with Crippen LogP contribution in [0.3, 0.4) is 0 Å². The van der Waals surface area contributed by atoms with Gasteiger partial charge >= 0.3 is 0 Å². The minimum absolute atomic E-state index is 0.579. The summed E-state index contributed by atoms with van der Waals surface area (Å²) in [7, 11) is 0. The van der Waals surface area contributed by atoms with Crippen molar-refractivity contribution in [2.75, 3.05) is 6.54 Å². The van der Waals surface area contributed by atoms with Gasteiger partial charge in [0.15, 0.2) is 5.82 Å². The van der Waals surface area contributed by atoms with Crippen molar-refractivity contribution in [3.05, 3.63) is 10.8 Å². The highest BCUT2D eigenvalue weighted by atomic mass is 32.1. The Labute approximate surface area is 129 Å². The topological polar surface area (TPSA) is 69.1 Å². The second-order valence-electron chi connectivity index (χ2n) is 6.50. The summed E-state index contributed by atoms with van der Waals surface area (Å²) >= 11 is 1.69. The van der Waals surface area contributed by atoms with E-state index < -0.39 is 0 Å². The Morgan fingerprint density at radius 2 is 2.10 bits per heavy atom. The fourth-order valence-corrected chi connectivity index (χ4v) is 3.88. The van der Waals surface area contributed by atoms with Crippen molar-refractivity contribution in [1.29, 1.82) is 0 Å². The molecule has 1 fully saturated rings. The van der Waals surface area contributed by atoms with Crippen LogP contribution in [0.2, 0.25) is 0 Å². The summed E-state index contributed by atoms with van der Waals surface area (Å²) in [6.45, 7) is 5.35. The van der Waals surface area contributed by atoms with E-state index >= 15 is 0 Å². The average molecular weight is 307 g/mol. The van der Waals surface area contributed by atoms with Crippen molar-refractivity contribution in [3.63, 3.8) is 0 Å². The monoisotopic (exact) mass is 307 g/mol. The Bertz CT molecular complexity index is 584. The molecule has 2 heterocycles. The van der Waals surface area contributed by atoms with E-state index in [0.717, 1.165) is 36.6 Å². The van der Waals surface area contributed by atoms with E-state index in [1.807, 2.05) is 4.52 Å². The Morgan fingerprint density at radius 1 is 1.29 bits per heavy atom. The van der Waals surface area contributed by atoms with Crippen LogP contribution in [0.1, 0.15) is 62.7 Å². The summed E-state index contributed by atoms with van der Waals surface area (Å²) < 4.78 is 1.98. The second-order valence-corrected chi connectivity index (χ2v) is 7.54. The number of nitrogens with zero attached hydrogens (tertiary/aromatic N) is 4. The molecule has 21 heavy (non-hydrogen) atoms. The van der Waals surface area contributed by atoms with Gasteiger partial charge in [0.25, 0.3) is 0 Å². The molecule has 5 nitrogen and oxygen atoms in total. The quantitative estimate of drug-likeness (QED) is 0.853. The molecule has 1 unspecified atom stereocenters. The number of fused-ring (bicyclic) bond motifs is 1. The van der Waals surface area contributed by atoms with Crippen molar-refractivity contribution in [2.45, 2.75) is 58.3 Å². The molecule has 0 bridgehead atoms. The van der Waals surface area contributed by atoms with Crippen molar-refractivity contribution in [2.24, 2.45) is 17.6 Å². The summed E-state index contributed by atoms with van der Waals surface area (Å²) in [5, 5.41) is 14.5. The van der Waals surface area contributed by atoms with Gasteiger partial charge in [0.05, 0.1) is 0 Å². The van der Waals surface area contributed by atoms with Gasteiger partial charge < -0.3 is 5.73 Å². The van der Waals surface area contributed by atoms with Crippen molar-refractivity contribution < 1.29 is 0 Å². The third-order valence-electron chi connectivity index (χ3n) is 4.74. The van der Waals surface area contributed by atoms with Crippen molar-refractivity contribution in [3.8, 4) is 0 Å². The first-order chi connectivity index (χ1) is 10.2. The Hall–Kier alpha value is -1.01. The van der Waals surface area contributed by atoms with Gasteiger partial charge in [-0.15, -0.1) is 10.2 Å². The molecule has 1 atom stereocenters. The SMILES string of the molecule is CC(C)C(CCN)CCc1nn2c(C3CCC3)nnc2s1. The predicted octanol–water partition coefficient (Wildman–Crippen LogP) is 3.01. The van der Waals surface area contributed by atoms with Crippen LogP contribution in [0.5, 0.6) is 0 Å². The fourth-order valence-electron chi connectivity index (χ4n) is 3.03. The number of rotatable bonds is 7. The standard InChI is InChI=1S/C15H25N5S/c1-10(2)11(8-9-16)6-7-13-19-20-14(12-4-3-5-12)17-18-15(20)21-13/h10-12H,3-9,16H2,1-2H3. The van der Waals surface area contributed by atoms with Crippen LogP contribution in [0, 0.1) is 11.8 Å². The zero-order valence-electron chi connectivity index (χ0n) is 13.0. The third kappa shape index (κ3) is 3.11. The van der Waals surface area contributed by atoms with E-state index in [0.29, 0.717) is 17.8 Å². The molecule has 2 aromatic rings. The van der Waals surface area contributed by atoms with Crippen LogP contribution in [0.15, 0.2) is 0 Å². The molecule has 0 saturated heterocycles.